The highest BCUT2D eigenvalue weighted by atomic mass is 32.2. The standard InChI is InChI=1S/C14H26N2OS/c1-15-13-8-4-5-9-16(14(13)17)11-12-7-3-2-6-10-18-12/h12-13,15H,2-11H2,1H3. The molecule has 0 aromatic rings. The topological polar surface area (TPSA) is 32.3 Å². The lowest BCUT2D eigenvalue weighted by Gasteiger charge is -2.28. The van der Waals surface area contributed by atoms with Crippen LogP contribution in [0, 0.1) is 0 Å². The molecule has 1 N–H and O–H groups in total. The predicted molar refractivity (Wildman–Crippen MR) is 78.0 cm³/mol. The van der Waals surface area contributed by atoms with E-state index in [2.05, 4.69) is 22.0 Å². The number of nitrogens with one attached hydrogen (secondary N) is 1. The van der Waals surface area contributed by atoms with Gasteiger partial charge in [-0.1, -0.05) is 12.8 Å². The zero-order valence-corrected chi connectivity index (χ0v) is 12.3. The van der Waals surface area contributed by atoms with Crippen molar-refractivity contribution in [2.45, 2.75) is 56.2 Å². The molecule has 0 radical (unpaired) electrons. The number of carbonyl (C=O) groups excluding carboxylic acids is 1. The van der Waals surface area contributed by atoms with Crippen LogP contribution in [-0.4, -0.2) is 48.0 Å². The second-order valence-corrected chi connectivity index (χ2v) is 6.87. The highest BCUT2D eigenvalue weighted by Crippen LogP contribution is 2.26. The molecule has 2 aliphatic heterocycles. The summed E-state index contributed by atoms with van der Waals surface area (Å²) in [4.78, 5) is 14.5. The minimum atomic E-state index is 0.0586. The van der Waals surface area contributed by atoms with Gasteiger partial charge in [-0.25, -0.2) is 0 Å². The first kappa shape index (κ1) is 14.2. The fraction of sp³-hybridized carbons (Fsp3) is 0.929. The van der Waals surface area contributed by atoms with Crippen molar-refractivity contribution < 1.29 is 4.79 Å². The number of amides is 1. The Balaban J connectivity index is 1.90. The first-order valence-corrected chi connectivity index (χ1v) is 8.44. The molecule has 0 aromatic heterocycles. The molecule has 2 aliphatic rings. The summed E-state index contributed by atoms with van der Waals surface area (Å²) in [5.74, 6) is 1.61. The molecule has 0 bridgehead atoms. The number of hydrogen-bond donors (Lipinski definition) is 1. The van der Waals surface area contributed by atoms with E-state index in [1.165, 1.54) is 44.3 Å². The Morgan fingerprint density at radius 3 is 2.89 bits per heavy atom. The molecule has 2 fully saturated rings. The molecule has 2 rings (SSSR count). The van der Waals surface area contributed by atoms with Gasteiger partial charge in [0.25, 0.3) is 0 Å². The first-order chi connectivity index (χ1) is 8.81. The highest BCUT2D eigenvalue weighted by Gasteiger charge is 2.27. The van der Waals surface area contributed by atoms with Crippen molar-refractivity contribution in [2.24, 2.45) is 0 Å². The number of thioether (sulfide) groups is 1. The monoisotopic (exact) mass is 270 g/mol. The maximum atomic E-state index is 12.4. The molecule has 18 heavy (non-hydrogen) atoms. The van der Waals surface area contributed by atoms with E-state index in [9.17, 15) is 4.79 Å². The summed E-state index contributed by atoms with van der Waals surface area (Å²) >= 11 is 2.08. The smallest absolute Gasteiger partial charge is 0.239 e. The molecular formula is C14H26N2OS. The summed E-state index contributed by atoms with van der Waals surface area (Å²) < 4.78 is 0. The number of nitrogens with zero attached hydrogens (tertiary/aromatic N) is 1. The Morgan fingerprint density at radius 2 is 2.06 bits per heavy atom. The molecule has 104 valence electrons. The Bertz CT molecular complexity index is 265. The normalized spacial score (nSPS) is 30.9. The molecule has 2 unspecified atom stereocenters. The van der Waals surface area contributed by atoms with Crippen molar-refractivity contribution in [3.05, 3.63) is 0 Å². The summed E-state index contributed by atoms with van der Waals surface area (Å²) in [5.41, 5.74) is 0. The van der Waals surface area contributed by atoms with E-state index >= 15 is 0 Å². The third-order valence-corrected chi connectivity index (χ3v) is 5.46. The second kappa shape index (κ2) is 7.39. The van der Waals surface area contributed by atoms with Gasteiger partial charge in [-0.3, -0.25) is 4.79 Å². The van der Waals surface area contributed by atoms with Gasteiger partial charge in [0.05, 0.1) is 6.04 Å². The SMILES string of the molecule is CNC1CCCCN(CC2CCCCCS2)C1=O. The zero-order valence-electron chi connectivity index (χ0n) is 11.5. The van der Waals surface area contributed by atoms with E-state index in [0.717, 1.165) is 19.5 Å². The summed E-state index contributed by atoms with van der Waals surface area (Å²) in [5, 5.41) is 3.85. The summed E-state index contributed by atoms with van der Waals surface area (Å²) in [6, 6.07) is 0.0586. The van der Waals surface area contributed by atoms with Crippen LogP contribution in [0.25, 0.3) is 0 Å². The van der Waals surface area contributed by atoms with Crippen LogP contribution in [-0.2, 0) is 4.79 Å². The molecule has 2 saturated heterocycles. The Hall–Kier alpha value is -0.220. The second-order valence-electron chi connectivity index (χ2n) is 5.46. The lowest BCUT2D eigenvalue weighted by molar-refractivity contribution is -0.132. The van der Waals surface area contributed by atoms with Crippen molar-refractivity contribution in [1.82, 2.24) is 10.2 Å². The van der Waals surface area contributed by atoms with E-state index in [1.807, 2.05) is 7.05 Å². The number of rotatable bonds is 3. The number of likely N-dealkylation sites (N-methyl/N-ethyl adjacent to an activating group) is 1. The van der Waals surface area contributed by atoms with Gasteiger partial charge in [0, 0.05) is 18.3 Å². The molecule has 4 heteroatoms. The minimum absolute atomic E-state index is 0.0586. The van der Waals surface area contributed by atoms with Crippen molar-refractivity contribution >= 4 is 17.7 Å². The average Bonchev–Trinajstić information content (AvgIpc) is 2.73. The van der Waals surface area contributed by atoms with Crippen LogP contribution in [0.3, 0.4) is 0 Å². The van der Waals surface area contributed by atoms with Gasteiger partial charge < -0.3 is 10.2 Å². The molecule has 0 aromatic carbocycles. The molecule has 0 spiro atoms. The largest absolute Gasteiger partial charge is 0.340 e. The van der Waals surface area contributed by atoms with Crippen LogP contribution in [0.2, 0.25) is 0 Å². The van der Waals surface area contributed by atoms with Crippen molar-refractivity contribution in [3.8, 4) is 0 Å². The van der Waals surface area contributed by atoms with Crippen LogP contribution in [0.4, 0.5) is 0 Å². The molecular weight excluding hydrogens is 244 g/mol. The Morgan fingerprint density at radius 1 is 1.22 bits per heavy atom. The molecule has 0 aliphatic carbocycles. The molecule has 2 atom stereocenters. The van der Waals surface area contributed by atoms with E-state index in [1.54, 1.807) is 0 Å². The molecule has 0 saturated carbocycles. The van der Waals surface area contributed by atoms with Crippen LogP contribution in [0.15, 0.2) is 0 Å². The van der Waals surface area contributed by atoms with Gasteiger partial charge in [0.2, 0.25) is 5.91 Å². The number of carbonyl (C=O) groups is 1. The molecule has 3 nitrogen and oxygen atoms in total. The average molecular weight is 270 g/mol. The maximum absolute atomic E-state index is 12.4. The summed E-state index contributed by atoms with van der Waals surface area (Å²) in [7, 11) is 1.91. The van der Waals surface area contributed by atoms with E-state index in [-0.39, 0.29) is 6.04 Å². The van der Waals surface area contributed by atoms with Gasteiger partial charge in [0.15, 0.2) is 0 Å². The van der Waals surface area contributed by atoms with Gasteiger partial charge in [-0.05, 0) is 44.9 Å². The summed E-state index contributed by atoms with van der Waals surface area (Å²) in [6.07, 6.45) is 8.70. The predicted octanol–water partition coefficient (Wildman–Crippen LogP) is 2.26. The number of likely N-dealkylation sites (tertiary alicyclic amines) is 1. The van der Waals surface area contributed by atoms with E-state index in [4.69, 9.17) is 0 Å². The third kappa shape index (κ3) is 3.89. The lowest BCUT2D eigenvalue weighted by atomic mass is 10.1. The fourth-order valence-corrected chi connectivity index (χ4v) is 4.25. The van der Waals surface area contributed by atoms with Crippen molar-refractivity contribution in [2.75, 3.05) is 25.9 Å². The van der Waals surface area contributed by atoms with Gasteiger partial charge in [-0.2, -0.15) is 11.8 Å². The van der Waals surface area contributed by atoms with Crippen LogP contribution in [0.5, 0.6) is 0 Å². The van der Waals surface area contributed by atoms with E-state index in [0.29, 0.717) is 11.2 Å². The van der Waals surface area contributed by atoms with Crippen molar-refractivity contribution in [3.63, 3.8) is 0 Å². The summed E-state index contributed by atoms with van der Waals surface area (Å²) in [6.45, 7) is 1.94. The molecule has 2 heterocycles. The van der Waals surface area contributed by atoms with E-state index < -0.39 is 0 Å². The Labute approximate surface area is 115 Å². The molecule has 1 amide bonds. The third-order valence-electron chi connectivity index (χ3n) is 4.08. The van der Waals surface area contributed by atoms with Gasteiger partial charge >= 0.3 is 0 Å². The van der Waals surface area contributed by atoms with Crippen LogP contribution >= 0.6 is 11.8 Å². The van der Waals surface area contributed by atoms with Gasteiger partial charge in [0.1, 0.15) is 0 Å². The van der Waals surface area contributed by atoms with Crippen LogP contribution < -0.4 is 5.32 Å². The highest BCUT2D eigenvalue weighted by molar-refractivity contribution is 7.99. The zero-order chi connectivity index (χ0) is 12.8. The fourth-order valence-electron chi connectivity index (χ4n) is 2.93. The quantitative estimate of drug-likeness (QED) is 0.854. The number of hydrogen-bond acceptors (Lipinski definition) is 3. The van der Waals surface area contributed by atoms with Crippen molar-refractivity contribution in [1.29, 1.82) is 0 Å². The maximum Gasteiger partial charge on any atom is 0.239 e. The van der Waals surface area contributed by atoms with Crippen LogP contribution in [0.1, 0.15) is 44.9 Å². The minimum Gasteiger partial charge on any atom is -0.340 e. The first-order valence-electron chi connectivity index (χ1n) is 7.39. The Kier molecular flexibility index (Phi) is 5.83. The van der Waals surface area contributed by atoms with Gasteiger partial charge in [-0.15, -0.1) is 0 Å². The lowest BCUT2D eigenvalue weighted by Crippen LogP contribution is -2.46.